The number of hydrogen-bond donors (Lipinski definition) is 0. The van der Waals surface area contributed by atoms with Crippen molar-refractivity contribution in [1.29, 1.82) is 0 Å². The highest BCUT2D eigenvalue weighted by molar-refractivity contribution is 5.94. The third-order valence-corrected chi connectivity index (χ3v) is 5.34. The molecule has 4 rings (SSSR count). The Morgan fingerprint density at radius 3 is 2.32 bits per heavy atom. The third kappa shape index (κ3) is 4.67. The topological polar surface area (TPSA) is 41.4 Å². The summed E-state index contributed by atoms with van der Waals surface area (Å²) in [7, 11) is 0. The molecule has 3 aromatic rings. The van der Waals surface area contributed by atoms with Gasteiger partial charge in [-0.25, -0.2) is 4.98 Å². The molecule has 5 nitrogen and oxygen atoms in total. The lowest BCUT2D eigenvalue weighted by Crippen LogP contribution is -2.49. The molecule has 0 atom stereocenters. The molecule has 1 aliphatic rings. The molecular weight excluding hydrogens is 348 g/mol. The summed E-state index contributed by atoms with van der Waals surface area (Å²) in [4.78, 5) is 21.3. The molecule has 0 bridgehead atoms. The molecule has 0 N–H and O–H groups in total. The lowest BCUT2D eigenvalue weighted by Gasteiger charge is -2.34. The number of imidazole rings is 1. The number of aromatic nitrogens is 2. The predicted octanol–water partition coefficient (Wildman–Crippen LogP) is 2.93. The molecule has 0 spiro atoms. The second-order valence-corrected chi connectivity index (χ2v) is 7.30. The van der Waals surface area contributed by atoms with Gasteiger partial charge in [0.25, 0.3) is 5.91 Å². The van der Waals surface area contributed by atoms with Crippen molar-refractivity contribution in [2.24, 2.45) is 0 Å². The molecule has 2 heterocycles. The zero-order chi connectivity index (χ0) is 19.2. The van der Waals surface area contributed by atoms with Gasteiger partial charge < -0.3 is 9.47 Å². The maximum atomic E-state index is 12.8. The highest BCUT2D eigenvalue weighted by atomic mass is 16.2. The van der Waals surface area contributed by atoms with Crippen LogP contribution in [0.5, 0.6) is 0 Å². The summed E-state index contributed by atoms with van der Waals surface area (Å²) in [6, 6.07) is 18.5. The number of benzene rings is 2. The Morgan fingerprint density at radius 2 is 1.64 bits per heavy atom. The number of nitrogens with zero attached hydrogens (tertiary/aromatic N) is 4. The van der Waals surface area contributed by atoms with Crippen molar-refractivity contribution < 1.29 is 4.79 Å². The summed E-state index contributed by atoms with van der Waals surface area (Å²) in [5.74, 6) is 0.136. The first-order chi connectivity index (χ1) is 13.8. The van der Waals surface area contributed by atoms with Crippen LogP contribution in [0.15, 0.2) is 73.3 Å². The van der Waals surface area contributed by atoms with E-state index in [-0.39, 0.29) is 5.91 Å². The summed E-state index contributed by atoms with van der Waals surface area (Å²) >= 11 is 0. The second kappa shape index (κ2) is 8.85. The molecule has 5 heteroatoms. The van der Waals surface area contributed by atoms with Crippen molar-refractivity contribution in [2.75, 3.05) is 32.7 Å². The zero-order valence-corrected chi connectivity index (χ0v) is 16.1. The van der Waals surface area contributed by atoms with E-state index in [0.29, 0.717) is 0 Å². The molecule has 1 aromatic heterocycles. The van der Waals surface area contributed by atoms with E-state index >= 15 is 0 Å². The molecule has 1 amide bonds. The van der Waals surface area contributed by atoms with E-state index in [4.69, 9.17) is 0 Å². The Kier molecular flexibility index (Phi) is 5.83. The van der Waals surface area contributed by atoms with Gasteiger partial charge in [0, 0.05) is 57.2 Å². The van der Waals surface area contributed by atoms with Gasteiger partial charge in [-0.15, -0.1) is 0 Å². The van der Waals surface area contributed by atoms with Crippen LogP contribution in [0.2, 0.25) is 0 Å². The van der Waals surface area contributed by atoms with Crippen molar-refractivity contribution in [3.8, 4) is 0 Å². The summed E-state index contributed by atoms with van der Waals surface area (Å²) < 4.78 is 2.02. The standard InChI is InChI=1S/C23H26N4O/c28-23(22-8-6-21(7-9-22)18-26-13-11-24-19-26)27-16-14-25(15-17-27)12-10-20-4-2-1-3-5-20/h1-9,11,13,19H,10,12,14-18H2. The molecule has 2 aromatic carbocycles. The smallest absolute Gasteiger partial charge is 0.253 e. The second-order valence-electron chi connectivity index (χ2n) is 7.30. The zero-order valence-electron chi connectivity index (χ0n) is 16.1. The van der Waals surface area contributed by atoms with Crippen LogP contribution in [0.4, 0.5) is 0 Å². The Balaban J connectivity index is 1.26. The number of amides is 1. The Bertz CT molecular complexity index is 867. The first-order valence-electron chi connectivity index (χ1n) is 9.88. The van der Waals surface area contributed by atoms with Crippen molar-refractivity contribution in [3.63, 3.8) is 0 Å². The van der Waals surface area contributed by atoms with E-state index in [2.05, 4.69) is 40.2 Å². The highest BCUT2D eigenvalue weighted by Gasteiger charge is 2.21. The minimum atomic E-state index is 0.136. The van der Waals surface area contributed by atoms with Crippen molar-refractivity contribution in [1.82, 2.24) is 19.4 Å². The van der Waals surface area contributed by atoms with Crippen LogP contribution < -0.4 is 0 Å². The molecule has 1 saturated heterocycles. The van der Waals surface area contributed by atoms with Gasteiger partial charge in [-0.3, -0.25) is 9.69 Å². The average molecular weight is 374 g/mol. The monoisotopic (exact) mass is 374 g/mol. The van der Waals surface area contributed by atoms with E-state index in [1.165, 1.54) is 11.1 Å². The maximum Gasteiger partial charge on any atom is 0.253 e. The van der Waals surface area contributed by atoms with Gasteiger partial charge in [0.05, 0.1) is 6.33 Å². The van der Waals surface area contributed by atoms with Crippen LogP contribution in [0.25, 0.3) is 0 Å². The van der Waals surface area contributed by atoms with Gasteiger partial charge in [-0.1, -0.05) is 42.5 Å². The first kappa shape index (κ1) is 18.4. The van der Waals surface area contributed by atoms with Gasteiger partial charge in [0.15, 0.2) is 0 Å². The Labute approximate surface area is 166 Å². The lowest BCUT2D eigenvalue weighted by atomic mass is 10.1. The van der Waals surface area contributed by atoms with Crippen molar-refractivity contribution >= 4 is 5.91 Å². The van der Waals surface area contributed by atoms with E-state index in [1.54, 1.807) is 12.5 Å². The molecule has 0 aliphatic carbocycles. The summed E-state index contributed by atoms with van der Waals surface area (Å²) in [6.07, 6.45) is 6.58. The third-order valence-electron chi connectivity index (χ3n) is 5.34. The van der Waals surface area contributed by atoms with Crippen LogP contribution in [0.1, 0.15) is 21.5 Å². The molecule has 1 fully saturated rings. The Hall–Kier alpha value is -2.92. The van der Waals surface area contributed by atoms with E-state index in [9.17, 15) is 4.79 Å². The minimum Gasteiger partial charge on any atom is -0.336 e. The number of carbonyl (C=O) groups is 1. The average Bonchev–Trinajstić information content (AvgIpc) is 3.26. The summed E-state index contributed by atoms with van der Waals surface area (Å²) in [6.45, 7) is 5.30. The molecule has 1 aliphatic heterocycles. The quantitative estimate of drug-likeness (QED) is 0.666. The van der Waals surface area contributed by atoms with E-state index in [0.717, 1.165) is 51.3 Å². The molecule has 28 heavy (non-hydrogen) atoms. The van der Waals surface area contributed by atoms with Gasteiger partial charge in [-0.05, 0) is 29.7 Å². The summed E-state index contributed by atoms with van der Waals surface area (Å²) in [5.41, 5.74) is 3.31. The number of carbonyl (C=O) groups excluding carboxylic acids is 1. The van der Waals surface area contributed by atoms with Crippen LogP contribution in [0, 0.1) is 0 Å². The lowest BCUT2D eigenvalue weighted by molar-refractivity contribution is 0.0638. The molecule has 0 radical (unpaired) electrons. The molecular formula is C23H26N4O. The van der Waals surface area contributed by atoms with Crippen LogP contribution in [0.3, 0.4) is 0 Å². The van der Waals surface area contributed by atoms with Crippen molar-refractivity contribution in [2.45, 2.75) is 13.0 Å². The number of rotatable bonds is 6. The predicted molar refractivity (Wildman–Crippen MR) is 110 cm³/mol. The molecule has 0 unspecified atom stereocenters. The van der Waals surface area contributed by atoms with E-state index < -0.39 is 0 Å². The fourth-order valence-electron chi connectivity index (χ4n) is 3.63. The fourth-order valence-corrected chi connectivity index (χ4v) is 3.63. The van der Waals surface area contributed by atoms with Gasteiger partial charge in [-0.2, -0.15) is 0 Å². The Morgan fingerprint density at radius 1 is 0.893 bits per heavy atom. The molecule has 144 valence electrons. The largest absolute Gasteiger partial charge is 0.336 e. The summed E-state index contributed by atoms with van der Waals surface area (Å²) in [5, 5.41) is 0. The molecule has 0 saturated carbocycles. The van der Waals surface area contributed by atoms with E-state index in [1.807, 2.05) is 39.9 Å². The van der Waals surface area contributed by atoms with Crippen LogP contribution in [-0.2, 0) is 13.0 Å². The minimum absolute atomic E-state index is 0.136. The first-order valence-corrected chi connectivity index (χ1v) is 9.88. The van der Waals surface area contributed by atoms with Crippen LogP contribution >= 0.6 is 0 Å². The van der Waals surface area contributed by atoms with Gasteiger partial charge >= 0.3 is 0 Å². The van der Waals surface area contributed by atoms with Gasteiger partial charge in [0.1, 0.15) is 0 Å². The van der Waals surface area contributed by atoms with Crippen molar-refractivity contribution in [3.05, 3.63) is 90.0 Å². The maximum absolute atomic E-state index is 12.8. The SMILES string of the molecule is O=C(c1ccc(Cn2ccnc2)cc1)N1CCN(CCc2ccccc2)CC1. The fraction of sp³-hybridized carbons (Fsp3) is 0.304. The van der Waals surface area contributed by atoms with Crippen LogP contribution in [-0.4, -0.2) is 58.0 Å². The number of hydrogen-bond acceptors (Lipinski definition) is 3. The highest BCUT2D eigenvalue weighted by Crippen LogP contribution is 2.12. The van der Waals surface area contributed by atoms with Gasteiger partial charge in [0.2, 0.25) is 0 Å². The number of piperazine rings is 1. The normalized spacial score (nSPS) is 14.9.